The minimum absolute atomic E-state index is 0.0369. The minimum Gasteiger partial charge on any atom is -0.484 e. The summed E-state index contributed by atoms with van der Waals surface area (Å²) in [6.45, 7) is 11.2. The fourth-order valence-electron chi connectivity index (χ4n) is 4.52. The number of nitrogens with one attached hydrogen (secondary N) is 2. The number of amides is 3. The van der Waals surface area contributed by atoms with Gasteiger partial charge in [0.05, 0.1) is 5.56 Å². The van der Waals surface area contributed by atoms with E-state index < -0.39 is 12.0 Å². The fraction of sp³-hybridized carbons (Fsp3) is 0.393. The lowest BCUT2D eigenvalue weighted by atomic mass is 10.0. The van der Waals surface area contributed by atoms with Crippen LogP contribution in [0.25, 0.3) is 0 Å². The summed E-state index contributed by atoms with van der Waals surface area (Å²) in [5.41, 5.74) is 2.35. The Hall–Kier alpha value is -3.72. The van der Waals surface area contributed by atoms with Crippen molar-refractivity contribution in [1.29, 1.82) is 0 Å². The van der Waals surface area contributed by atoms with Crippen molar-refractivity contribution in [3.05, 3.63) is 76.6 Å². The first-order valence-electron chi connectivity index (χ1n) is 12.3. The van der Waals surface area contributed by atoms with E-state index in [0.717, 1.165) is 0 Å². The van der Waals surface area contributed by atoms with Gasteiger partial charge in [0.2, 0.25) is 5.91 Å². The highest BCUT2D eigenvalue weighted by Crippen LogP contribution is 2.31. The second-order valence-corrected chi connectivity index (χ2v) is 9.28. The number of piperazine rings is 1. The third-order valence-corrected chi connectivity index (χ3v) is 6.70. The van der Waals surface area contributed by atoms with Crippen LogP contribution in [0.1, 0.15) is 50.4 Å². The monoisotopic (exact) mass is 510 g/mol. The Kier molecular flexibility index (Phi) is 9.04. The molecule has 0 unspecified atom stereocenters. The Labute approximate surface area is 217 Å². The molecule has 0 aromatic heterocycles. The standard InChI is InChI=1S/C28H35FN4O4/c1-7-26(34)33-11-10-32(15-19(33)4)16-25(20-9-8-17(2)23(29)13-20)37-24-12-18(3)21(27(35)30-5)14-22(24)28(36)31-6/h7-9,12-14,19,25H,1,10-11,15-16H2,2-6H3,(H,30,35)(H,31,36)/t19-,25+/m1/s1. The molecule has 0 bridgehead atoms. The van der Waals surface area contributed by atoms with E-state index >= 15 is 0 Å². The molecule has 0 radical (unpaired) electrons. The Morgan fingerprint density at radius 3 is 2.35 bits per heavy atom. The molecule has 37 heavy (non-hydrogen) atoms. The van der Waals surface area contributed by atoms with Gasteiger partial charge >= 0.3 is 0 Å². The van der Waals surface area contributed by atoms with Gasteiger partial charge in [-0.3, -0.25) is 19.3 Å². The fourth-order valence-corrected chi connectivity index (χ4v) is 4.52. The number of hydrogen-bond acceptors (Lipinski definition) is 5. The largest absolute Gasteiger partial charge is 0.484 e. The number of benzene rings is 2. The van der Waals surface area contributed by atoms with Crippen molar-refractivity contribution in [3.63, 3.8) is 0 Å². The number of carbonyl (C=O) groups excluding carboxylic acids is 3. The maximum Gasteiger partial charge on any atom is 0.254 e. The maximum absolute atomic E-state index is 14.6. The van der Waals surface area contributed by atoms with Crippen molar-refractivity contribution in [2.45, 2.75) is 32.9 Å². The zero-order valence-electron chi connectivity index (χ0n) is 22.1. The molecule has 3 rings (SSSR count). The summed E-state index contributed by atoms with van der Waals surface area (Å²) in [6, 6.07) is 8.10. The number of carbonyl (C=O) groups is 3. The van der Waals surface area contributed by atoms with Gasteiger partial charge in [0.1, 0.15) is 17.7 Å². The molecule has 2 N–H and O–H groups in total. The third-order valence-electron chi connectivity index (χ3n) is 6.70. The molecule has 2 aromatic rings. The first-order valence-corrected chi connectivity index (χ1v) is 12.3. The summed E-state index contributed by atoms with van der Waals surface area (Å²) >= 11 is 0. The highest BCUT2D eigenvalue weighted by Gasteiger charge is 2.29. The molecule has 198 valence electrons. The molecule has 1 fully saturated rings. The zero-order valence-corrected chi connectivity index (χ0v) is 22.1. The molecule has 0 saturated carbocycles. The van der Waals surface area contributed by atoms with Gasteiger partial charge in [0.25, 0.3) is 11.8 Å². The molecule has 2 atom stereocenters. The first kappa shape index (κ1) is 27.9. The van der Waals surface area contributed by atoms with Gasteiger partial charge in [-0.1, -0.05) is 18.7 Å². The van der Waals surface area contributed by atoms with Gasteiger partial charge in [-0.05, 0) is 61.7 Å². The van der Waals surface area contributed by atoms with Crippen LogP contribution in [0.5, 0.6) is 5.75 Å². The van der Waals surface area contributed by atoms with Crippen LogP contribution in [0.2, 0.25) is 0 Å². The van der Waals surface area contributed by atoms with Crippen LogP contribution in [0.15, 0.2) is 43.0 Å². The van der Waals surface area contributed by atoms with Gasteiger partial charge < -0.3 is 20.3 Å². The SMILES string of the molecule is C=CC(=O)N1CCN(C[C@H](Oc2cc(C)c(C(=O)NC)cc2C(=O)NC)c2ccc(C)c(F)c2)C[C@H]1C. The average molecular weight is 511 g/mol. The lowest BCUT2D eigenvalue weighted by molar-refractivity contribution is -0.130. The van der Waals surface area contributed by atoms with E-state index in [-0.39, 0.29) is 29.2 Å². The summed E-state index contributed by atoms with van der Waals surface area (Å²) in [7, 11) is 3.03. The van der Waals surface area contributed by atoms with E-state index in [1.54, 1.807) is 30.9 Å². The Bertz CT molecular complexity index is 1200. The van der Waals surface area contributed by atoms with Crippen LogP contribution in [0, 0.1) is 19.7 Å². The summed E-state index contributed by atoms with van der Waals surface area (Å²) < 4.78 is 21.0. The van der Waals surface area contributed by atoms with Crippen LogP contribution in [-0.4, -0.2) is 73.8 Å². The summed E-state index contributed by atoms with van der Waals surface area (Å²) in [5.74, 6) is -0.878. The molecular formula is C28H35FN4O4. The highest BCUT2D eigenvalue weighted by atomic mass is 19.1. The van der Waals surface area contributed by atoms with Gasteiger partial charge in [0, 0.05) is 51.9 Å². The summed E-state index contributed by atoms with van der Waals surface area (Å²) in [6.07, 6.45) is 0.704. The van der Waals surface area contributed by atoms with Crippen molar-refractivity contribution in [2.24, 2.45) is 0 Å². The van der Waals surface area contributed by atoms with E-state index in [9.17, 15) is 18.8 Å². The lowest BCUT2D eigenvalue weighted by Crippen LogP contribution is -2.54. The quantitative estimate of drug-likeness (QED) is 0.533. The van der Waals surface area contributed by atoms with Crippen LogP contribution < -0.4 is 15.4 Å². The Balaban J connectivity index is 1.98. The second-order valence-electron chi connectivity index (χ2n) is 9.28. The van der Waals surface area contributed by atoms with Crippen LogP contribution in [0.4, 0.5) is 4.39 Å². The van der Waals surface area contributed by atoms with E-state index in [4.69, 9.17) is 4.74 Å². The van der Waals surface area contributed by atoms with Gasteiger partial charge in [-0.2, -0.15) is 0 Å². The normalized spacial score (nSPS) is 16.6. The van der Waals surface area contributed by atoms with E-state index in [1.807, 2.05) is 13.0 Å². The molecule has 1 aliphatic heterocycles. The minimum atomic E-state index is -0.613. The molecular weight excluding hydrogens is 475 g/mol. The predicted octanol–water partition coefficient (Wildman–Crippen LogP) is 3.00. The summed E-state index contributed by atoms with van der Waals surface area (Å²) in [4.78, 5) is 41.2. The number of rotatable bonds is 8. The molecule has 1 saturated heterocycles. The maximum atomic E-state index is 14.6. The van der Waals surface area contributed by atoms with Crippen molar-refractivity contribution < 1.29 is 23.5 Å². The molecule has 0 aliphatic carbocycles. The molecule has 1 heterocycles. The van der Waals surface area contributed by atoms with Crippen molar-refractivity contribution in [1.82, 2.24) is 20.4 Å². The Morgan fingerprint density at radius 2 is 1.76 bits per heavy atom. The number of halogens is 1. The van der Waals surface area contributed by atoms with E-state index in [2.05, 4.69) is 22.1 Å². The summed E-state index contributed by atoms with van der Waals surface area (Å²) in [5, 5.41) is 5.18. The third kappa shape index (κ3) is 6.35. The van der Waals surface area contributed by atoms with Crippen molar-refractivity contribution >= 4 is 17.7 Å². The first-order chi connectivity index (χ1) is 17.6. The zero-order chi connectivity index (χ0) is 27.3. The van der Waals surface area contributed by atoms with Crippen molar-refractivity contribution in [3.8, 4) is 5.75 Å². The van der Waals surface area contributed by atoms with Gasteiger partial charge in [0.15, 0.2) is 0 Å². The predicted molar refractivity (Wildman–Crippen MR) is 140 cm³/mol. The topological polar surface area (TPSA) is 91.0 Å². The van der Waals surface area contributed by atoms with E-state index in [1.165, 1.54) is 32.3 Å². The highest BCUT2D eigenvalue weighted by molar-refractivity contribution is 6.02. The molecule has 9 heteroatoms. The van der Waals surface area contributed by atoms with Crippen LogP contribution in [0.3, 0.4) is 0 Å². The Morgan fingerprint density at radius 1 is 1.08 bits per heavy atom. The van der Waals surface area contributed by atoms with Gasteiger partial charge in [-0.15, -0.1) is 0 Å². The van der Waals surface area contributed by atoms with Crippen molar-refractivity contribution in [2.75, 3.05) is 40.3 Å². The molecule has 0 spiro atoms. The van der Waals surface area contributed by atoms with Gasteiger partial charge in [-0.25, -0.2) is 4.39 Å². The number of ether oxygens (including phenoxy) is 1. The number of hydrogen-bond donors (Lipinski definition) is 2. The van der Waals surface area contributed by atoms with Crippen LogP contribution in [-0.2, 0) is 4.79 Å². The lowest BCUT2D eigenvalue weighted by Gasteiger charge is -2.40. The van der Waals surface area contributed by atoms with E-state index in [0.29, 0.717) is 54.2 Å². The second kappa shape index (κ2) is 12.0. The molecule has 3 amide bonds. The molecule has 1 aliphatic rings. The molecule has 8 nitrogen and oxygen atoms in total. The molecule has 2 aromatic carbocycles. The smallest absolute Gasteiger partial charge is 0.254 e. The number of aryl methyl sites for hydroxylation is 2. The average Bonchev–Trinajstić information content (AvgIpc) is 2.88. The van der Waals surface area contributed by atoms with Crippen LogP contribution >= 0.6 is 0 Å². The number of nitrogens with zero attached hydrogens (tertiary/aromatic N) is 2.